The fraction of sp³-hybridized carbons (Fsp3) is 0.211. The van der Waals surface area contributed by atoms with Crippen LogP contribution >= 0.6 is 11.8 Å². The van der Waals surface area contributed by atoms with E-state index >= 15 is 0 Å². The van der Waals surface area contributed by atoms with Crippen LogP contribution in [0, 0.1) is 13.8 Å². The first-order valence-corrected chi connectivity index (χ1v) is 9.32. The van der Waals surface area contributed by atoms with E-state index in [2.05, 4.69) is 15.5 Å². The smallest absolute Gasteiger partial charge is 0.234 e. The number of aromatic nitrogens is 3. The van der Waals surface area contributed by atoms with E-state index < -0.39 is 0 Å². The van der Waals surface area contributed by atoms with Crippen molar-refractivity contribution in [2.24, 2.45) is 0 Å². The highest BCUT2D eigenvalue weighted by atomic mass is 32.2. The molecule has 1 aromatic heterocycles. The highest BCUT2D eigenvalue weighted by molar-refractivity contribution is 7.99. The van der Waals surface area contributed by atoms with Gasteiger partial charge in [-0.25, -0.2) is 4.68 Å². The predicted molar refractivity (Wildman–Crippen MR) is 107 cm³/mol. The number of hydrogen-bond donors (Lipinski definition) is 2. The predicted octanol–water partition coefficient (Wildman–Crippen LogP) is 3.02. The lowest BCUT2D eigenvalue weighted by molar-refractivity contribution is -0.113. The van der Waals surface area contributed by atoms with Crippen molar-refractivity contribution in [2.45, 2.75) is 19.0 Å². The van der Waals surface area contributed by atoms with Crippen molar-refractivity contribution in [1.29, 1.82) is 0 Å². The van der Waals surface area contributed by atoms with E-state index in [0.717, 1.165) is 16.7 Å². The fourth-order valence-electron chi connectivity index (χ4n) is 2.62. The van der Waals surface area contributed by atoms with Gasteiger partial charge in [-0.15, -0.1) is 10.2 Å². The summed E-state index contributed by atoms with van der Waals surface area (Å²) in [6.45, 7) is 3.94. The number of amides is 1. The largest absolute Gasteiger partial charge is 0.495 e. The van der Waals surface area contributed by atoms with Crippen LogP contribution in [0.3, 0.4) is 0 Å². The normalized spacial score (nSPS) is 10.6. The number of anilines is 1. The van der Waals surface area contributed by atoms with Gasteiger partial charge < -0.3 is 15.9 Å². The average molecular weight is 383 g/mol. The SMILES string of the molecule is COc1ccc(C)cc1NC(=O)CSc1nnc(-c2ccccc2C)n1N. The molecule has 0 fully saturated rings. The Balaban J connectivity index is 1.68. The third-order valence-corrected chi connectivity index (χ3v) is 4.96. The molecule has 0 radical (unpaired) electrons. The number of methoxy groups -OCH3 is 1. The molecule has 140 valence electrons. The molecule has 2 aromatic carbocycles. The molecule has 1 amide bonds. The molecule has 0 unspecified atom stereocenters. The topological polar surface area (TPSA) is 95.1 Å². The van der Waals surface area contributed by atoms with Gasteiger partial charge in [-0.3, -0.25) is 4.79 Å². The number of nitrogens with one attached hydrogen (secondary N) is 1. The van der Waals surface area contributed by atoms with E-state index in [1.54, 1.807) is 7.11 Å². The number of carbonyl (C=O) groups excluding carboxylic acids is 1. The first kappa shape index (κ1) is 18.8. The third kappa shape index (κ3) is 4.22. The molecular formula is C19H21N5O2S. The number of aryl methyl sites for hydroxylation is 2. The van der Waals surface area contributed by atoms with E-state index in [1.165, 1.54) is 16.4 Å². The van der Waals surface area contributed by atoms with E-state index in [9.17, 15) is 4.79 Å². The molecule has 0 aliphatic heterocycles. The molecule has 27 heavy (non-hydrogen) atoms. The quantitative estimate of drug-likeness (QED) is 0.502. The number of ether oxygens (including phenoxy) is 1. The maximum atomic E-state index is 12.3. The molecule has 3 aromatic rings. The third-order valence-electron chi connectivity index (χ3n) is 4.01. The lowest BCUT2D eigenvalue weighted by atomic mass is 10.1. The summed E-state index contributed by atoms with van der Waals surface area (Å²) >= 11 is 1.22. The Morgan fingerprint density at radius 2 is 2.00 bits per heavy atom. The number of nitrogens with zero attached hydrogens (tertiary/aromatic N) is 3. The number of carbonyl (C=O) groups is 1. The van der Waals surface area contributed by atoms with E-state index in [1.807, 2.05) is 56.3 Å². The number of nitrogen functional groups attached to an aromatic ring is 1. The molecular weight excluding hydrogens is 362 g/mol. The minimum atomic E-state index is -0.177. The van der Waals surface area contributed by atoms with Crippen LogP contribution in [0.5, 0.6) is 5.75 Å². The maximum absolute atomic E-state index is 12.3. The zero-order chi connectivity index (χ0) is 19.4. The van der Waals surface area contributed by atoms with Crippen LogP contribution in [-0.2, 0) is 4.79 Å². The summed E-state index contributed by atoms with van der Waals surface area (Å²) < 4.78 is 6.69. The Morgan fingerprint density at radius 3 is 2.74 bits per heavy atom. The molecule has 0 aliphatic rings. The minimum absolute atomic E-state index is 0.153. The Hall–Kier alpha value is -3.00. The molecule has 3 rings (SSSR count). The van der Waals surface area contributed by atoms with Crippen molar-refractivity contribution >= 4 is 23.4 Å². The second kappa shape index (κ2) is 8.13. The number of thioether (sulfide) groups is 1. The van der Waals surface area contributed by atoms with Gasteiger partial charge in [-0.2, -0.15) is 0 Å². The summed E-state index contributed by atoms with van der Waals surface area (Å²) in [5, 5.41) is 11.6. The van der Waals surface area contributed by atoms with Gasteiger partial charge in [0.05, 0.1) is 18.6 Å². The van der Waals surface area contributed by atoms with Crippen LogP contribution in [0.25, 0.3) is 11.4 Å². The van der Waals surface area contributed by atoms with Crippen LogP contribution < -0.4 is 15.9 Å². The number of rotatable bonds is 6. The Kier molecular flexibility index (Phi) is 5.66. The molecule has 0 spiro atoms. The van der Waals surface area contributed by atoms with Crippen molar-refractivity contribution in [3.05, 3.63) is 53.6 Å². The van der Waals surface area contributed by atoms with E-state index in [0.29, 0.717) is 22.4 Å². The minimum Gasteiger partial charge on any atom is -0.495 e. The van der Waals surface area contributed by atoms with Gasteiger partial charge in [-0.05, 0) is 37.1 Å². The Labute approximate surface area is 161 Å². The van der Waals surface area contributed by atoms with Crippen LogP contribution in [0.15, 0.2) is 47.6 Å². The van der Waals surface area contributed by atoms with Crippen LogP contribution in [0.4, 0.5) is 5.69 Å². The Morgan fingerprint density at radius 1 is 1.22 bits per heavy atom. The van der Waals surface area contributed by atoms with Crippen LogP contribution in [0.2, 0.25) is 0 Å². The van der Waals surface area contributed by atoms with Gasteiger partial charge in [0.2, 0.25) is 11.1 Å². The van der Waals surface area contributed by atoms with Gasteiger partial charge in [0.25, 0.3) is 0 Å². The standard InChI is InChI=1S/C19H21N5O2S/c1-12-8-9-16(26-3)15(10-12)21-17(25)11-27-19-23-22-18(24(19)20)14-7-5-4-6-13(14)2/h4-10H,11,20H2,1-3H3,(H,21,25). The van der Waals surface area contributed by atoms with Crippen molar-refractivity contribution < 1.29 is 9.53 Å². The summed E-state index contributed by atoms with van der Waals surface area (Å²) in [6.07, 6.45) is 0. The first-order valence-electron chi connectivity index (χ1n) is 8.33. The average Bonchev–Trinajstić information content (AvgIpc) is 3.01. The summed E-state index contributed by atoms with van der Waals surface area (Å²) in [5.74, 6) is 7.28. The van der Waals surface area contributed by atoms with Gasteiger partial charge >= 0.3 is 0 Å². The van der Waals surface area contributed by atoms with E-state index in [-0.39, 0.29) is 11.7 Å². The number of hydrogen-bond acceptors (Lipinski definition) is 6. The lowest BCUT2D eigenvalue weighted by Gasteiger charge is -2.11. The molecule has 0 aliphatic carbocycles. The van der Waals surface area contributed by atoms with Gasteiger partial charge in [0, 0.05) is 5.56 Å². The van der Waals surface area contributed by atoms with Crippen molar-refractivity contribution in [3.8, 4) is 17.1 Å². The molecule has 0 saturated heterocycles. The molecule has 0 atom stereocenters. The monoisotopic (exact) mass is 383 g/mol. The van der Waals surface area contributed by atoms with Gasteiger partial charge in [0.1, 0.15) is 5.75 Å². The second-order valence-electron chi connectivity index (χ2n) is 6.03. The van der Waals surface area contributed by atoms with Crippen LogP contribution in [-0.4, -0.2) is 33.6 Å². The summed E-state index contributed by atoms with van der Waals surface area (Å²) in [7, 11) is 1.57. The zero-order valence-electron chi connectivity index (χ0n) is 15.4. The van der Waals surface area contributed by atoms with Crippen LogP contribution in [0.1, 0.15) is 11.1 Å². The molecule has 0 saturated carbocycles. The highest BCUT2D eigenvalue weighted by Crippen LogP contribution is 2.27. The maximum Gasteiger partial charge on any atom is 0.234 e. The van der Waals surface area contributed by atoms with E-state index in [4.69, 9.17) is 10.6 Å². The fourth-order valence-corrected chi connectivity index (χ4v) is 3.28. The zero-order valence-corrected chi connectivity index (χ0v) is 16.2. The summed E-state index contributed by atoms with van der Waals surface area (Å²) in [4.78, 5) is 12.3. The van der Waals surface area contributed by atoms with Gasteiger partial charge in [-0.1, -0.05) is 42.1 Å². The molecule has 3 N–H and O–H groups in total. The lowest BCUT2D eigenvalue weighted by Crippen LogP contribution is -2.17. The van der Waals surface area contributed by atoms with Crippen molar-refractivity contribution in [1.82, 2.24) is 14.9 Å². The molecule has 0 bridgehead atoms. The molecule has 1 heterocycles. The first-order chi connectivity index (χ1) is 13.0. The number of benzene rings is 2. The van der Waals surface area contributed by atoms with Gasteiger partial charge in [0.15, 0.2) is 5.82 Å². The number of nitrogens with two attached hydrogens (primary N) is 1. The van der Waals surface area contributed by atoms with Crippen molar-refractivity contribution in [3.63, 3.8) is 0 Å². The molecule has 8 heteroatoms. The summed E-state index contributed by atoms with van der Waals surface area (Å²) in [6, 6.07) is 13.4. The second-order valence-corrected chi connectivity index (χ2v) is 6.97. The molecule has 7 nitrogen and oxygen atoms in total. The Bertz CT molecular complexity index is 970. The highest BCUT2D eigenvalue weighted by Gasteiger charge is 2.15. The van der Waals surface area contributed by atoms with Crippen molar-refractivity contribution in [2.75, 3.05) is 24.0 Å². The summed E-state index contributed by atoms with van der Waals surface area (Å²) in [5.41, 5.74) is 3.63.